The van der Waals surface area contributed by atoms with Crippen LogP contribution < -0.4 is 10.1 Å². The third kappa shape index (κ3) is 4.87. The van der Waals surface area contributed by atoms with Gasteiger partial charge in [0.05, 0.1) is 0 Å². The summed E-state index contributed by atoms with van der Waals surface area (Å²) in [6, 6.07) is 18.6. The van der Waals surface area contributed by atoms with Crippen molar-refractivity contribution >= 4 is 12.4 Å². The van der Waals surface area contributed by atoms with E-state index < -0.39 is 0 Å². The van der Waals surface area contributed by atoms with Crippen molar-refractivity contribution in [3.8, 4) is 5.75 Å². The summed E-state index contributed by atoms with van der Waals surface area (Å²) in [5.74, 6) is 0.926. The van der Waals surface area contributed by atoms with Crippen molar-refractivity contribution in [1.29, 1.82) is 0 Å². The van der Waals surface area contributed by atoms with Gasteiger partial charge in [0.2, 0.25) is 0 Å². The van der Waals surface area contributed by atoms with Gasteiger partial charge in [0.25, 0.3) is 0 Å². The first-order valence-electron chi connectivity index (χ1n) is 6.72. The molecule has 0 aliphatic heterocycles. The smallest absolute Gasteiger partial charge is 0.125 e. The van der Waals surface area contributed by atoms with Crippen LogP contribution in [0.2, 0.25) is 0 Å². The second kappa shape index (κ2) is 8.62. The molecule has 20 heavy (non-hydrogen) atoms. The third-order valence-corrected chi connectivity index (χ3v) is 3.13. The van der Waals surface area contributed by atoms with Crippen molar-refractivity contribution in [1.82, 2.24) is 5.32 Å². The molecule has 2 rings (SSSR count). The lowest BCUT2D eigenvalue weighted by Crippen LogP contribution is -2.16. The van der Waals surface area contributed by atoms with Crippen molar-refractivity contribution in [2.45, 2.75) is 19.4 Å². The molecule has 0 heterocycles. The fourth-order valence-electron chi connectivity index (χ4n) is 2.02. The first-order valence-corrected chi connectivity index (χ1v) is 6.72. The lowest BCUT2D eigenvalue weighted by Gasteiger charge is -2.19. The standard InChI is InChI=1S/C17H21NO.ClH/c1-14-8-10-16(11-9-14)19-17(12-13-18-2)15-6-4-3-5-7-15;/h3-11,17-18H,12-13H2,1-2H3;1H/t17-;/m1./s1. The van der Waals surface area contributed by atoms with Crippen LogP contribution in [0.15, 0.2) is 54.6 Å². The van der Waals surface area contributed by atoms with Crippen LogP contribution >= 0.6 is 12.4 Å². The maximum absolute atomic E-state index is 6.12. The summed E-state index contributed by atoms with van der Waals surface area (Å²) in [4.78, 5) is 0. The van der Waals surface area contributed by atoms with E-state index in [4.69, 9.17) is 4.74 Å². The van der Waals surface area contributed by atoms with Gasteiger partial charge in [0.1, 0.15) is 11.9 Å². The van der Waals surface area contributed by atoms with Crippen LogP contribution in [0.5, 0.6) is 5.75 Å². The van der Waals surface area contributed by atoms with Gasteiger partial charge in [0, 0.05) is 6.42 Å². The molecule has 1 N–H and O–H groups in total. The van der Waals surface area contributed by atoms with Gasteiger partial charge in [-0.15, -0.1) is 12.4 Å². The number of nitrogens with one attached hydrogen (secondary N) is 1. The Labute approximate surface area is 127 Å². The predicted octanol–water partition coefficient (Wildman–Crippen LogP) is 4.15. The number of benzene rings is 2. The number of hydrogen-bond donors (Lipinski definition) is 1. The fourth-order valence-corrected chi connectivity index (χ4v) is 2.02. The van der Waals surface area contributed by atoms with Gasteiger partial charge in [0.15, 0.2) is 0 Å². The molecule has 0 spiro atoms. The number of ether oxygens (including phenoxy) is 1. The minimum Gasteiger partial charge on any atom is -0.486 e. The minimum absolute atomic E-state index is 0. The van der Waals surface area contributed by atoms with Crippen LogP contribution in [-0.2, 0) is 0 Å². The molecule has 0 saturated heterocycles. The van der Waals surface area contributed by atoms with Gasteiger partial charge in [-0.2, -0.15) is 0 Å². The average Bonchev–Trinajstić information content (AvgIpc) is 2.46. The molecule has 0 aliphatic rings. The molecule has 2 aromatic carbocycles. The van der Waals surface area contributed by atoms with Crippen LogP contribution in [-0.4, -0.2) is 13.6 Å². The maximum Gasteiger partial charge on any atom is 0.125 e. The SMILES string of the molecule is CNCC[C@@H](Oc1ccc(C)cc1)c1ccccc1.Cl. The van der Waals surface area contributed by atoms with Crippen LogP contribution in [0.25, 0.3) is 0 Å². The van der Waals surface area contributed by atoms with Gasteiger partial charge < -0.3 is 10.1 Å². The quantitative estimate of drug-likeness (QED) is 0.863. The molecule has 0 aromatic heterocycles. The number of hydrogen-bond acceptors (Lipinski definition) is 2. The molecule has 1 atom stereocenters. The average molecular weight is 292 g/mol. The Hall–Kier alpha value is -1.51. The molecule has 2 nitrogen and oxygen atoms in total. The van der Waals surface area contributed by atoms with E-state index in [1.165, 1.54) is 11.1 Å². The molecular weight excluding hydrogens is 270 g/mol. The summed E-state index contributed by atoms with van der Waals surface area (Å²) in [6.07, 6.45) is 1.05. The first kappa shape index (κ1) is 16.5. The summed E-state index contributed by atoms with van der Waals surface area (Å²) in [6.45, 7) is 3.02. The van der Waals surface area contributed by atoms with E-state index in [2.05, 4.69) is 48.6 Å². The van der Waals surface area contributed by atoms with Crippen molar-refractivity contribution in [2.75, 3.05) is 13.6 Å². The van der Waals surface area contributed by atoms with Gasteiger partial charge in [-0.1, -0.05) is 48.0 Å². The highest BCUT2D eigenvalue weighted by Gasteiger charge is 2.12. The van der Waals surface area contributed by atoms with Gasteiger partial charge in [-0.05, 0) is 38.2 Å². The Morgan fingerprint density at radius 2 is 1.65 bits per heavy atom. The van der Waals surface area contributed by atoms with E-state index in [0.717, 1.165) is 18.7 Å². The Morgan fingerprint density at radius 3 is 2.25 bits per heavy atom. The van der Waals surface area contributed by atoms with Crippen molar-refractivity contribution < 1.29 is 4.74 Å². The molecule has 2 aromatic rings. The largest absolute Gasteiger partial charge is 0.486 e. The van der Waals surface area contributed by atoms with Gasteiger partial charge >= 0.3 is 0 Å². The highest BCUT2D eigenvalue weighted by molar-refractivity contribution is 5.85. The highest BCUT2D eigenvalue weighted by Crippen LogP contribution is 2.24. The van der Waals surface area contributed by atoms with Crippen LogP contribution in [0.4, 0.5) is 0 Å². The number of rotatable bonds is 6. The highest BCUT2D eigenvalue weighted by atomic mass is 35.5. The zero-order valence-electron chi connectivity index (χ0n) is 12.0. The van der Waals surface area contributed by atoms with E-state index in [1.807, 2.05) is 25.2 Å². The summed E-state index contributed by atoms with van der Waals surface area (Å²) in [5, 5.41) is 3.18. The molecule has 0 unspecified atom stereocenters. The summed E-state index contributed by atoms with van der Waals surface area (Å²) >= 11 is 0. The number of aryl methyl sites for hydroxylation is 1. The molecule has 0 saturated carbocycles. The monoisotopic (exact) mass is 291 g/mol. The second-order valence-electron chi connectivity index (χ2n) is 4.72. The second-order valence-corrected chi connectivity index (χ2v) is 4.72. The van der Waals surface area contributed by atoms with Crippen molar-refractivity contribution in [3.63, 3.8) is 0 Å². The Balaban J connectivity index is 0.00000200. The zero-order valence-corrected chi connectivity index (χ0v) is 12.8. The normalized spacial score (nSPS) is 11.5. The van der Waals surface area contributed by atoms with Gasteiger partial charge in [-0.3, -0.25) is 0 Å². The molecule has 0 fully saturated rings. The molecular formula is C17H22ClNO. The van der Waals surface area contributed by atoms with Crippen molar-refractivity contribution in [2.24, 2.45) is 0 Å². The van der Waals surface area contributed by atoms with Crippen LogP contribution in [0.1, 0.15) is 23.7 Å². The Bertz CT molecular complexity index is 484. The summed E-state index contributed by atoms with van der Waals surface area (Å²) in [5.41, 5.74) is 2.47. The van der Waals surface area contributed by atoms with Crippen LogP contribution in [0.3, 0.4) is 0 Å². The first-order chi connectivity index (χ1) is 9.29. The molecule has 0 bridgehead atoms. The Kier molecular flexibility index (Phi) is 7.13. The Morgan fingerprint density at radius 1 is 1.00 bits per heavy atom. The minimum atomic E-state index is 0. The maximum atomic E-state index is 6.12. The summed E-state index contributed by atoms with van der Waals surface area (Å²) < 4.78 is 6.12. The molecule has 3 heteroatoms. The molecule has 0 amide bonds. The fraction of sp³-hybridized carbons (Fsp3) is 0.294. The summed E-state index contributed by atoms with van der Waals surface area (Å²) in [7, 11) is 1.97. The molecule has 108 valence electrons. The van der Waals surface area contributed by atoms with E-state index in [9.17, 15) is 0 Å². The van der Waals surface area contributed by atoms with Gasteiger partial charge in [-0.25, -0.2) is 0 Å². The van der Waals surface area contributed by atoms with E-state index in [-0.39, 0.29) is 18.5 Å². The molecule has 0 radical (unpaired) electrons. The molecule has 0 aliphatic carbocycles. The number of halogens is 1. The lowest BCUT2D eigenvalue weighted by atomic mass is 10.1. The van der Waals surface area contributed by atoms with E-state index in [0.29, 0.717) is 0 Å². The topological polar surface area (TPSA) is 21.3 Å². The van der Waals surface area contributed by atoms with E-state index >= 15 is 0 Å². The van der Waals surface area contributed by atoms with E-state index in [1.54, 1.807) is 0 Å². The zero-order chi connectivity index (χ0) is 13.5. The van der Waals surface area contributed by atoms with Crippen molar-refractivity contribution in [3.05, 3.63) is 65.7 Å². The predicted molar refractivity (Wildman–Crippen MR) is 86.8 cm³/mol. The lowest BCUT2D eigenvalue weighted by molar-refractivity contribution is 0.195. The third-order valence-electron chi connectivity index (χ3n) is 3.13. The van der Waals surface area contributed by atoms with Crippen LogP contribution in [0, 0.1) is 6.92 Å².